The SMILES string of the molecule is CN(C)C(CN)N=C=S. The molecular weight excluding hydrogens is 134 g/mol. The molecule has 0 saturated carbocycles. The van der Waals surface area contributed by atoms with Crippen molar-refractivity contribution in [3.8, 4) is 0 Å². The summed E-state index contributed by atoms with van der Waals surface area (Å²) in [5, 5.41) is 2.29. The van der Waals surface area contributed by atoms with Crippen LogP contribution in [0, 0.1) is 0 Å². The molecule has 0 heterocycles. The molecule has 9 heavy (non-hydrogen) atoms. The van der Waals surface area contributed by atoms with Gasteiger partial charge in [-0.1, -0.05) is 0 Å². The van der Waals surface area contributed by atoms with Crippen molar-refractivity contribution in [2.75, 3.05) is 20.6 Å². The number of likely N-dealkylation sites (N-methyl/N-ethyl adjacent to an activating group) is 1. The van der Waals surface area contributed by atoms with E-state index in [1.54, 1.807) is 0 Å². The Morgan fingerprint density at radius 2 is 2.33 bits per heavy atom. The molecule has 3 nitrogen and oxygen atoms in total. The Balaban J connectivity index is 3.82. The van der Waals surface area contributed by atoms with E-state index in [1.807, 2.05) is 19.0 Å². The minimum Gasteiger partial charge on any atom is -0.327 e. The Bertz CT molecular complexity index is 117. The summed E-state index contributed by atoms with van der Waals surface area (Å²) >= 11 is 4.41. The summed E-state index contributed by atoms with van der Waals surface area (Å²) in [6.07, 6.45) is -0.0116. The fraction of sp³-hybridized carbons (Fsp3) is 0.800. The second-order valence-electron chi connectivity index (χ2n) is 1.90. The molecule has 4 heteroatoms. The zero-order valence-electron chi connectivity index (χ0n) is 5.66. The van der Waals surface area contributed by atoms with Crippen molar-refractivity contribution in [1.29, 1.82) is 0 Å². The van der Waals surface area contributed by atoms with Gasteiger partial charge in [0.15, 0.2) is 0 Å². The molecule has 1 atom stereocenters. The van der Waals surface area contributed by atoms with Crippen molar-refractivity contribution in [3.63, 3.8) is 0 Å². The first-order valence-corrected chi connectivity index (χ1v) is 3.06. The molecule has 0 fully saturated rings. The van der Waals surface area contributed by atoms with Crippen LogP contribution in [0.25, 0.3) is 0 Å². The standard InChI is InChI=1S/C5H11N3S/c1-8(2)5(3-6)7-4-9/h5H,3,6H2,1-2H3. The highest BCUT2D eigenvalue weighted by Gasteiger charge is 2.03. The average molecular weight is 145 g/mol. The van der Waals surface area contributed by atoms with Gasteiger partial charge in [0, 0.05) is 6.54 Å². The third-order valence-electron chi connectivity index (χ3n) is 1.01. The van der Waals surface area contributed by atoms with Crippen LogP contribution in [-0.2, 0) is 0 Å². The number of aliphatic imine (C=N–C) groups is 1. The quantitative estimate of drug-likeness (QED) is 0.446. The normalized spacial score (nSPS) is 12.9. The first kappa shape index (κ1) is 8.72. The van der Waals surface area contributed by atoms with E-state index in [-0.39, 0.29) is 6.17 Å². The highest BCUT2D eigenvalue weighted by Crippen LogP contribution is 1.89. The molecule has 0 aliphatic rings. The highest BCUT2D eigenvalue weighted by atomic mass is 32.1. The summed E-state index contributed by atoms with van der Waals surface area (Å²) < 4.78 is 0. The van der Waals surface area contributed by atoms with Crippen molar-refractivity contribution in [2.45, 2.75) is 6.17 Å². The second kappa shape index (κ2) is 4.58. The maximum Gasteiger partial charge on any atom is 0.124 e. The fourth-order valence-corrected chi connectivity index (χ4v) is 0.562. The number of isothiocyanates is 1. The Labute approximate surface area is 60.6 Å². The second-order valence-corrected chi connectivity index (χ2v) is 2.08. The number of rotatable bonds is 3. The van der Waals surface area contributed by atoms with Crippen LogP contribution in [0.3, 0.4) is 0 Å². The van der Waals surface area contributed by atoms with Crippen LogP contribution in [0.2, 0.25) is 0 Å². The van der Waals surface area contributed by atoms with Gasteiger partial charge in [-0.15, -0.1) is 0 Å². The van der Waals surface area contributed by atoms with E-state index in [2.05, 4.69) is 22.4 Å². The van der Waals surface area contributed by atoms with E-state index < -0.39 is 0 Å². The van der Waals surface area contributed by atoms with Gasteiger partial charge in [0.2, 0.25) is 0 Å². The third kappa shape index (κ3) is 3.32. The first-order valence-electron chi connectivity index (χ1n) is 2.66. The van der Waals surface area contributed by atoms with E-state index in [9.17, 15) is 0 Å². The summed E-state index contributed by atoms with van der Waals surface area (Å²) in [5.41, 5.74) is 5.34. The molecule has 0 spiro atoms. The number of nitrogens with two attached hydrogens (primary N) is 1. The smallest absolute Gasteiger partial charge is 0.124 e. The predicted molar refractivity (Wildman–Crippen MR) is 41.6 cm³/mol. The molecular formula is C5H11N3S. The summed E-state index contributed by atoms with van der Waals surface area (Å²) in [4.78, 5) is 5.70. The maximum absolute atomic E-state index is 5.34. The average Bonchev–Trinajstić information content (AvgIpc) is 1.82. The topological polar surface area (TPSA) is 41.6 Å². The molecule has 1 unspecified atom stereocenters. The fourth-order valence-electron chi connectivity index (χ4n) is 0.440. The number of thiocarbonyl (C=S) groups is 1. The number of hydrogen-bond donors (Lipinski definition) is 1. The van der Waals surface area contributed by atoms with Gasteiger partial charge in [0.1, 0.15) is 6.17 Å². The minimum absolute atomic E-state index is 0.0116. The van der Waals surface area contributed by atoms with Crippen LogP contribution in [0.5, 0.6) is 0 Å². The monoisotopic (exact) mass is 145 g/mol. The molecule has 0 aliphatic carbocycles. The lowest BCUT2D eigenvalue weighted by molar-refractivity contribution is 0.310. The zero-order valence-corrected chi connectivity index (χ0v) is 6.48. The van der Waals surface area contributed by atoms with E-state index in [1.165, 1.54) is 0 Å². The van der Waals surface area contributed by atoms with Crippen molar-refractivity contribution in [1.82, 2.24) is 4.90 Å². The molecule has 0 saturated heterocycles. The lowest BCUT2D eigenvalue weighted by atomic mass is 10.5. The predicted octanol–water partition coefficient (Wildman–Crippen LogP) is -0.0644. The van der Waals surface area contributed by atoms with Gasteiger partial charge >= 0.3 is 0 Å². The van der Waals surface area contributed by atoms with Gasteiger partial charge in [0.25, 0.3) is 0 Å². The minimum atomic E-state index is -0.0116. The largest absolute Gasteiger partial charge is 0.327 e. The molecule has 0 bridgehead atoms. The summed E-state index contributed by atoms with van der Waals surface area (Å²) in [7, 11) is 3.79. The van der Waals surface area contributed by atoms with Crippen molar-refractivity contribution in [2.24, 2.45) is 10.7 Å². The van der Waals surface area contributed by atoms with E-state index in [4.69, 9.17) is 5.73 Å². The molecule has 0 rings (SSSR count). The molecule has 52 valence electrons. The van der Waals surface area contributed by atoms with E-state index >= 15 is 0 Å². The summed E-state index contributed by atoms with van der Waals surface area (Å²) in [5.74, 6) is 0. The van der Waals surface area contributed by atoms with Crippen LogP contribution < -0.4 is 5.73 Å². The molecule has 0 aromatic carbocycles. The van der Waals surface area contributed by atoms with E-state index in [0.717, 1.165) is 0 Å². The lowest BCUT2D eigenvalue weighted by Gasteiger charge is -2.15. The van der Waals surface area contributed by atoms with Crippen LogP contribution in [0.4, 0.5) is 0 Å². The van der Waals surface area contributed by atoms with Crippen LogP contribution in [-0.4, -0.2) is 36.9 Å². The van der Waals surface area contributed by atoms with Gasteiger partial charge in [-0.2, -0.15) is 0 Å². The molecule has 0 aromatic rings. The summed E-state index contributed by atoms with van der Waals surface area (Å²) in [6.45, 7) is 0.483. The van der Waals surface area contributed by atoms with Gasteiger partial charge in [-0.05, 0) is 26.3 Å². The van der Waals surface area contributed by atoms with Gasteiger partial charge in [0.05, 0.1) is 5.16 Å². The molecule has 0 aromatic heterocycles. The lowest BCUT2D eigenvalue weighted by Crippen LogP contribution is -2.33. The van der Waals surface area contributed by atoms with Gasteiger partial charge in [-0.25, -0.2) is 4.99 Å². The Hall–Kier alpha value is -0.280. The van der Waals surface area contributed by atoms with Crippen molar-refractivity contribution >= 4 is 17.4 Å². The molecule has 2 N–H and O–H groups in total. The third-order valence-corrected chi connectivity index (χ3v) is 1.11. The zero-order chi connectivity index (χ0) is 7.28. The Morgan fingerprint density at radius 3 is 2.44 bits per heavy atom. The van der Waals surface area contributed by atoms with Gasteiger partial charge < -0.3 is 5.73 Å². The van der Waals surface area contributed by atoms with Crippen LogP contribution in [0.15, 0.2) is 4.99 Å². The van der Waals surface area contributed by atoms with Crippen LogP contribution in [0.1, 0.15) is 0 Å². The van der Waals surface area contributed by atoms with E-state index in [0.29, 0.717) is 6.54 Å². The van der Waals surface area contributed by atoms with Gasteiger partial charge in [-0.3, -0.25) is 4.90 Å². The van der Waals surface area contributed by atoms with Crippen LogP contribution >= 0.6 is 12.2 Å². The molecule has 0 amide bonds. The Morgan fingerprint density at radius 1 is 1.78 bits per heavy atom. The summed E-state index contributed by atoms with van der Waals surface area (Å²) in [6, 6.07) is 0. The van der Waals surface area contributed by atoms with Crippen molar-refractivity contribution in [3.05, 3.63) is 0 Å². The first-order chi connectivity index (χ1) is 4.22. The van der Waals surface area contributed by atoms with Crippen molar-refractivity contribution < 1.29 is 0 Å². The molecule has 0 aliphatic heterocycles. The molecule has 0 radical (unpaired) electrons. The highest BCUT2D eigenvalue weighted by molar-refractivity contribution is 7.78. The Kier molecular flexibility index (Phi) is 4.44. The maximum atomic E-state index is 5.34. The number of nitrogens with zero attached hydrogens (tertiary/aromatic N) is 2. The number of hydrogen-bond acceptors (Lipinski definition) is 4.